The first-order valence-corrected chi connectivity index (χ1v) is 7.21. The van der Waals surface area contributed by atoms with E-state index in [1.165, 1.54) is 10.8 Å². The van der Waals surface area contributed by atoms with Gasteiger partial charge < -0.3 is 9.79 Å². The van der Waals surface area contributed by atoms with Crippen molar-refractivity contribution >= 4 is 38.7 Å². The highest BCUT2D eigenvalue weighted by molar-refractivity contribution is 9.02. The predicted molar refractivity (Wildman–Crippen MR) is 39.8 cm³/mol. The summed E-state index contributed by atoms with van der Waals surface area (Å²) >= 11 is 4.25. The van der Waals surface area contributed by atoms with Crippen molar-refractivity contribution < 1.29 is 9.79 Å². The summed E-state index contributed by atoms with van der Waals surface area (Å²) in [5.74, 6) is 0. The van der Waals surface area contributed by atoms with Crippen molar-refractivity contribution in [3.63, 3.8) is 0 Å². The maximum atomic E-state index is 8.44. The number of hydrogen-bond donors (Lipinski definition) is 2. The summed E-state index contributed by atoms with van der Waals surface area (Å²) in [6.45, 7) is 0. The first-order valence-electron chi connectivity index (χ1n) is 1.34. The van der Waals surface area contributed by atoms with Crippen molar-refractivity contribution in [1.82, 2.24) is 0 Å². The first kappa shape index (κ1) is 8.27. The van der Waals surface area contributed by atoms with E-state index in [4.69, 9.17) is 9.79 Å². The molecule has 0 rings (SSSR count). The van der Waals surface area contributed by atoms with Crippen molar-refractivity contribution in [2.24, 2.45) is 0 Å². The lowest BCUT2D eigenvalue weighted by Crippen LogP contribution is -1.60. The number of rotatable bonds is 2. The van der Waals surface area contributed by atoms with E-state index in [9.17, 15) is 0 Å². The van der Waals surface area contributed by atoms with Crippen LogP contribution in [0.3, 0.4) is 0 Å². The molecular weight excluding hydrogens is 171 g/mol. The maximum Gasteiger partial charge on any atom is 0.252 e. The monoisotopic (exact) mass is 176 g/mol. The van der Waals surface area contributed by atoms with E-state index in [1.807, 2.05) is 0 Å². The van der Waals surface area contributed by atoms with Crippen LogP contribution in [0, 0.1) is 0 Å². The van der Waals surface area contributed by atoms with E-state index in [0.717, 1.165) is 10.4 Å². The number of hydrogen-bond acceptors (Lipinski definition) is 3. The third-order valence-corrected chi connectivity index (χ3v) is 6.28. The van der Waals surface area contributed by atoms with Gasteiger partial charge in [-0.1, -0.05) is 10.8 Å². The molecule has 0 spiro atoms. The van der Waals surface area contributed by atoms with Crippen LogP contribution in [0.4, 0.5) is 0 Å². The zero-order valence-electron chi connectivity index (χ0n) is 3.57. The highest BCUT2D eigenvalue weighted by Gasteiger charge is 2.04. The Hall–Kier alpha value is 1.27. The minimum Gasteiger partial charge on any atom is -0.337 e. The van der Waals surface area contributed by atoms with E-state index in [1.54, 1.807) is 6.26 Å². The highest BCUT2D eigenvalue weighted by Crippen LogP contribution is 2.56. The van der Waals surface area contributed by atoms with Gasteiger partial charge in [0.15, 0.2) is 0 Å². The molecule has 0 saturated carbocycles. The van der Waals surface area contributed by atoms with Crippen molar-refractivity contribution in [2.75, 3.05) is 6.26 Å². The SMILES string of the molecule is CSSP(O)(O)=S. The summed E-state index contributed by atoms with van der Waals surface area (Å²) in [4.78, 5) is 16.9. The van der Waals surface area contributed by atoms with Crippen molar-refractivity contribution in [1.29, 1.82) is 0 Å². The molecule has 0 atom stereocenters. The minimum absolute atomic E-state index is 0.942. The van der Waals surface area contributed by atoms with Crippen molar-refractivity contribution in [2.45, 2.75) is 0 Å². The van der Waals surface area contributed by atoms with Gasteiger partial charge in [-0.15, -0.1) is 0 Å². The van der Waals surface area contributed by atoms with E-state index >= 15 is 0 Å². The Balaban J connectivity index is 3.36. The Morgan fingerprint density at radius 2 is 2.00 bits per heavy atom. The Labute approximate surface area is 55.0 Å². The molecule has 0 amide bonds. The fraction of sp³-hybridized carbons (Fsp3) is 1.00. The zero-order chi connectivity index (χ0) is 5.91. The minimum atomic E-state index is -2.95. The molecule has 0 aliphatic heterocycles. The lowest BCUT2D eigenvalue weighted by Gasteiger charge is -1.99. The zero-order valence-corrected chi connectivity index (χ0v) is 6.91. The normalized spacial score (nSPS) is 11.9. The highest BCUT2D eigenvalue weighted by atomic mass is 33.4. The van der Waals surface area contributed by atoms with Crippen LogP contribution in [0.5, 0.6) is 0 Å². The van der Waals surface area contributed by atoms with Gasteiger partial charge >= 0.3 is 0 Å². The van der Waals surface area contributed by atoms with Gasteiger partial charge in [0.05, 0.1) is 0 Å². The molecule has 0 radical (unpaired) electrons. The van der Waals surface area contributed by atoms with E-state index in [-0.39, 0.29) is 0 Å². The van der Waals surface area contributed by atoms with Crippen LogP contribution in [0.2, 0.25) is 0 Å². The van der Waals surface area contributed by atoms with Gasteiger partial charge in [-0.05, 0) is 28.5 Å². The van der Waals surface area contributed by atoms with Crippen LogP contribution in [-0.2, 0) is 11.8 Å². The van der Waals surface area contributed by atoms with E-state index in [0.29, 0.717) is 0 Å². The first-order chi connectivity index (χ1) is 3.06. The molecule has 0 fully saturated rings. The van der Waals surface area contributed by atoms with Crippen LogP contribution in [0.15, 0.2) is 0 Å². The molecule has 0 unspecified atom stereocenters. The van der Waals surface area contributed by atoms with Gasteiger partial charge in [-0.25, -0.2) is 0 Å². The lowest BCUT2D eigenvalue weighted by molar-refractivity contribution is 0.502. The molecule has 0 aromatic heterocycles. The molecule has 2 nitrogen and oxygen atoms in total. The third kappa shape index (κ3) is 7.27. The van der Waals surface area contributed by atoms with Crippen LogP contribution < -0.4 is 0 Å². The molecule has 0 aromatic carbocycles. The summed E-state index contributed by atoms with van der Waals surface area (Å²) in [5.41, 5.74) is -2.95. The third-order valence-electron chi connectivity index (χ3n) is 0.172. The van der Waals surface area contributed by atoms with E-state index in [2.05, 4.69) is 11.8 Å². The fourth-order valence-electron chi connectivity index (χ4n) is 0.0971. The van der Waals surface area contributed by atoms with Gasteiger partial charge in [-0.3, -0.25) is 0 Å². The van der Waals surface area contributed by atoms with Gasteiger partial charge in [-0.2, -0.15) is 0 Å². The Bertz CT molecular complexity index is 86.9. The molecule has 0 aromatic rings. The topological polar surface area (TPSA) is 40.5 Å². The molecule has 2 N–H and O–H groups in total. The van der Waals surface area contributed by atoms with Crippen LogP contribution in [0.1, 0.15) is 0 Å². The molecule has 44 valence electrons. The summed E-state index contributed by atoms with van der Waals surface area (Å²) in [7, 11) is 2.21. The molecule has 0 bridgehead atoms. The summed E-state index contributed by atoms with van der Waals surface area (Å²) in [6.07, 6.45) is 1.75. The van der Waals surface area contributed by atoms with E-state index < -0.39 is 5.69 Å². The molecule has 7 heavy (non-hydrogen) atoms. The average molecular weight is 176 g/mol. The van der Waals surface area contributed by atoms with Crippen LogP contribution in [-0.4, -0.2) is 16.0 Å². The van der Waals surface area contributed by atoms with Crippen LogP contribution in [0.25, 0.3) is 0 Å². The van der Waals surface area contributed by atoms with Gasteiger partial charge in [0.1, 0.15) is 0 Å². The molecule has 0 aliphatic rings. The Morgan fingerprint density at radius 3 is 2.00 bits per heavy atom. The maximum absolute atomic E-state index is 8.44. The van der Waals surface area contributed by atoms with Gasteiger partial charge in [0.25, 0.3) is 5.69 Å². The molecule has 6 heteroatoms. The summed E-state index contributed by atoms with van der Waals surface area (Å²) in [5, 5.41) is 0. The smallest absolute Gasteiger partial charge is 0.252 e. The second-order valence-corrected chi connectivity index (χ2v) is 8.73. The predicted octanol–water partition coefficient (Wildman–Crippen LogP) is 1.21. The van der Waals surface area contributed by atoms with Crippen molar-refractivity contribution in [3.05, 3.63) is 0 Å². The molecule has 0 aliphatic carbocycles. The second-order valence-electron chi connectivity index (χ2n) is 0.732. The molecule has 0 saturated heterocycles. The average Bonchev–Trinajstić information content (AvgIpc) is 1.30. The van der Waals surface area contributed by atoms with Gasteiger partial charge in [0, 0.05) is 0 Å². The fourth-order valence-corrected chi connectivity index (χ4v) is 4.26. The molecule has 0 heterocycles. The summed E-state index contributed by atoms with van der Waals surface area (Å²) in [6, 6.07) is 0. The quantitative estimate of drug-likeness (QED) is 0.489. The largest absolute Gasteiger partial charge is 0.337 e. The van der Waals surface area contributed by atoms with Crippen LogP contribution >= 0.6 is 26.9 Å². The summed E-state index contributed by atoms with van der Waals surface area (Å²) < 4.78 is 0. The molecular formula is CH5O2PS3. The van der Waals surface area contributed by atoms with Gasteiger partial charge in [0.2, 0.25) is 0 Å². The Morgan fingerprint density at radius 1 is 1.57 bits per heavy atom. The lowest BCUT2D eigenvalue weighted by atomic mass is 12.0. The van der Waals surface area contributed by atoms with Crippen molar-refractivity contribution in [3.8, 4) is 0 Å². The second kappa shape index (κ2) is 3.33. The Kier molecular flexibility index (Phi) is 3.93. The standard InChI is InChI=1S/CH5O2PS3/c1-6-7-4(2,3)5/h1H3,(H2,2,3,5).